The van der Waals surface area contributed by atoms with Gasteiger partial charge in [0.05, 0.1) is 51.4 Å². The Labute approximate surface area is 388 Å². The van der Waals surface area contributed by atoms with Crippen molar-refractivity contribution in [1.82, 2.24) is 0 Å². The summed E-state index contributed by atoms with van der Waals surface area (Å²) < 4.78 is 34.9. The number of methoxy groups -OCH3 is 4. The van der Waals surface area contributed by atoms with Crippen LogP contribution in [0.3, 0.4) is 0 Å². The van der Waals surface area contributed by atoms with Crippen molar-refractivity contribution < 1.29 is 28.4 Å². The van der Waals surface area contributed by atoms with Crippen LogP contribution in [-0.2, 0) is 0 Å². The third-order valence-corrected chi connectivity index (χ3v) is 11.9. The molecule has 334 valence electrons. The van der Waals surface area contributed by atoms with E-state index >= 15 is 0 Å². The van der Waals surface area contributed by atoms with E-state index in [0.29, 0.717) is 13.2 Å². The predicted octanol–water partition coefficient (Wildman–Crippen LogP) is 15.4. The molecule has 0 bridgehead atoms. The van der Waals surface area contributed by atoms with E-state index in [9.17, 15) is 0 Å². The maximum atomic E-state index is 6.55. The molecule has 0 saturated heterocycles. The van der Waals surface area contributed by atoms with E-state index < -0.39 is 0 Å². The summed E-state index contributed by atoms with van der Waals surface area (Å²) >= 11 is 1.68. The third kappa shape index (κ3) is 11.7. The number of ether oxygens (including phenoxy) is 6. The molecule has 0 spiro atoms. The summed E-state index contributed by atoms with van der Waals surface area (Å²) in [7, 11) is 6.72. The molecule has 0 saturated carbocycles. The van der Waals surface area contributed by atoms with Crippen molar-refractivity contribution in [2.75, 3.05) is 51.5 Å². The fraction of sp³-hybridized carbons (Fsp3) is 0.214. The largest absolute Gasteiger partial charge is 0.497 e. The number of rotatable bonds is 22. The second-order valence-corrected chi connectivity index (χ2v) is 16.3. The first kappa shape index (κ1) is 45.9. The van der Waals surface area contributed by atoms with Crippen molar-refractivity contribution in [3.8, 4) is 34.5 Å². The van der Waals surface area contributed by atoms with Crippen molar-refractivity contribution in [3.05, 3.63) is 166 Å². The van der Waals surface area contributed by atoms with Gasteiger partial charge in [0.25, 0.3) is 0 Å². The fourth-order valence-corrected chi connectivity index (χ4v) is 8.20. The maximum absolute atomic E-state index is 6.55. The zero-order valence-corrected chi connectivity index (χ0v) is 39.0. The molecule has 1 heterocycles. The van der Waals surface area contributed by atoms with Crippen LogP contribution in [0.2, 0.25) is 0 Å². The minimum Gasteiger partial charge on any atom is -0.497 e. The lowest BCUT2D eigenvalue weighted by Crippen LogP contribution is -2.09. The van der Waals surface area contributed by atoms with E-state index in [2.05, 4.69) is 145 Å². The number of anilines is 6. The van der Waals surface area contributed by atoms with Gasteiger partial charge in [-0.25, -0.2) is 0 Å². The first-order valence-corrected chi connectivity index (χ1v) is 22.9. The molecule has 0 atom stereocenters. The highest BCUT2D eigenvalue weighted by atomic mass is 32.1. The molecule has 8 nitrogen and oxygen atoms in total. The molecule has 0 fully saturated rings. The number of unbranched alkanes of at least 4 members (excludes halogenated alkanes) is 2. The Bertz CT molecular complexity index is 2310. The first-order valence-electron chi connectivity index (χ1n) is 22.1. The Morgan fingerprint density at radius 3 is 0.877 bits per heavy atom. The van der Waals surface area contributed by atoms with Crippen LogP contribution in [-0.4, -0.2) is 41.7 Å². The number of thiophene rings is 1. The quantitative estimate of drug-likeness (QED) is 0.0624. The van der Waals surface area contributed by atoms with Gasteiger partial charge in [-0.05, 0) is 157 Å². The van der Waals surface area contributed by atoms with E-state index in [-0.39, 0.29) is 0 Å². The molecule has 65 heavy (non-hydrogen) atoms. The van der Waals surface area contributed by atoms with Crippen LogP contribution in [0, 0.1) is 0 Å². The van der Waals surface area contributed by atoms with Gasteiger partial charge in [-0.2, -0.15) is 0 Å². The lowest BCUT2D eigenvalue weighted by atomic mass is 10.1. The highest BCUT2D eigenvalue weighted by Gasteiger charge is 2.20. The molecule has 7 aromatic rings. The molecule has 0 N–H and O–H groups in total. The van der Waals surface area contributed by atoms with Crippen LogP contribution in [0.4, 0.5) is 34.1 Å². The topological polar surface area (TPSA) is 61.9 Å². The molecule has 0 aliphatic rings. The average Bonchev–Trinajstić information content (AvgIpc) is 3.69. The summed E-state index contributed by atoms with van der Waals surface area (Å²) in [5.74, 6) is 4.81. The summed E-state index contributed by atoms with van der Waals surface area (Å²) in [5, 5.41) is 0. The highest BCUT2D eigenvalue weighted by molar-refractivity contribution is 7.14. The molecule has 6 aromatic carbocycles. The third-order valence-electron chi connectivity index (χ3n) is 10.8. The van der Waals surface area contributed by atoms with E-state index in [4.69, 9.17) is 28.4 Å². The second kappa shape index (κ2) is 23.0. The van der Waals surface area contributed by atoms with Crippen molar-refractivity contribution in [3.63, 3.8) is 0 Å². The van der Waals surface area contributed by atoms with Crippen LogP contribution in [0.15, 0.2) is 146 Å². The second-order valence-electron chi connectivity index (χ2n) is 15.2. The van der Waals surface area contributed by atoms with Crippen LogP contribution >= 0.6 is 11.3 Å². The SMILES string of the molecule is CCCCOc1c(/C=C/c2ccc(N(c3ccc(OC)cc3)c3ccc(OC)cc3)cc2)sc(/C=C/c2ccc(N(c3ccc(OC)cc3)c3ccc(OC)cc3)cc2)c1OCCCC. The van der Waals surface area contributed by atoms with Crippen LogP contribution < -0.4 is 38.2 Å². The highest BCUT2D eigenvalue weighted by Crippen LogP contribution is 2.45. The standard InChI is InChI=1S/C56H58N2O6S/c1-7-9-39-63-55-53(37-15-41-11-17-43(18-12-41)57(45-21-29-49(59-3)30-22-45)46-23-31-50(60-4)32-24-46)65-54(56(55)64-40-10-8-2)38-16-42-13-19-44(20-14-42)58(47-25-33-51(61-5)34-26-47)48-27-35-52(62-6)36-28-48/h11-38H,7-10,39-40H2,1-6H3/b37-15+,38-16+. The first-order chi connectivity index (χ1) is 31.9. The number of hydrogen-bond acceptors (Lipinski definition) is 9. The van der Waals surface area contributed by atoms with Gasteiger partial charge in [-0.1, -0.05) is 63.1 Å². The van der Waals surface area contributed by atoms with Gasteiger partial charge in [0.15, 0.2) is 11.5 Å². The minimum absolute atomic E-state index is 0.614. The Morgan fingerprint density at radius 1 is 0.369 bits per heavy atom. The van der Waals surface area contributed by atoms with Gasteiger partial charge < -0.3 is 38.2 Å². The van der Waals surface area contributed by atoms with Crippen molar-refractivity contribution in [2.24, 2.45) is 0 Å². The molecule has 0 unspecified atom stereocenters. The average molecular weight is 887 g/mol. The van der Waals surface area contributed by atoms with E-state index in [0.717, 1.165) is 115 Å². The molecule has 9 heteroatoms. The van der Waals surface area contributed by atoms with Gasteiger partial charge in [-0.15, -0.1) is 11.3 Å². The van der Waals surface area contributed by atoms with Gasteiger partial charge in [0.1, 0.15) is 23.0 Å². The molecule has 0 aliphatic heterocycles. The lowest BCUT2D eigenvalue weighted by molar-refractivity contribution is 0.263. The zero-order chi connectivity index (χ0) is 45.4. The van der Waals surface area contributed by atoms with E-state index in [1.807, 2.05) is 48.5 Å². The Balaban J connectivity index is 1.18. The van der Waals surface area contributed by atoms with Crippen molar-refractivity contribution in [2.45, 2.75) is 39.5 Å². The lowest BCUT2D eigenvalue weighted by Gasteiger charge is -2.26. The summed E-state index contributed by atoms with van der Waals surface area (Å²) in [6.07, 6.45) is 12.6. The Morgan fingerprint density at radius 2 is 0.631 bits per heavy atom. The molecule has 0 amide bonds. The van der Waals surface area contributed by atoms with Gasteiger partial charge >= 0.3 is 0 Å². The summed E-state index contributed by atoms with van der Waals surface area (Å²) in [5.41, 5.74) is 8.25. The van der Waals surface area contributed by atoms with Crippen LogP contribution in [0.1, 0.15) is 60.4 Å². The fourth-order valence-electron chi connectivity index (χ4n) is 7.20. The normalized spacial score (nSPS) is 11.2. The smallest absolute Gasteiger partial charge is 0.179 e. The molecule has 7 rings (SSSR count). The molecule has 0 aliphatic carbocycles. The minimum atomic E-state index is 0.614. The van der Waals surface area contributed by atoms with E-state index in [1.54, 1.807) is 39.8 Å². The Hall–Kier alpha value is -7.10. The van der Waals surface area contributed by atoms with Gasteiger partial charge in [0.2, 0.25) is 0 Å². The molecular weight excluding hydrogens is 829 g/mol. The summed E-state index contributed by atoms with van der Waals surface area (Å²) in [6.45, 7) is 5.58. The van der Waals surface area contributed by atoms with E-state index in [1.165, 1.54) is 0 Å². The molecule has 1 aromatic heterocycles. The van der Waals surface area contributed by atoms with Gasteiger partial charge in [0, 0.05) is 34.1 Å². The number of nitrogens with zero attached hydrogens (tertiary/aromatic N) is 2. The van der Waals surface area contributed by atoms with Crippen molar-refractivity contribution >= 4 is 69.8 Å². The Kier molecular flexibility index (Phi) is 16.3. The summed E-state index contributed by atoms with van der Waals surface area (Å²) in [6, 6.07) is 49.5. The number of benzene rings is 6. The van der Waals surface area contributed by atoms with Gasteiger partial charge in [-0.3, -0.25) is 0 Å². The molecular formula is C56H58N2O6S. The van der Waals surface area contributed by atoms with Crippen molar-refractivity contribution in [1.29, 1.82) is 0 Å². The monoisotopic (exact) mass is 886 g/mol. The van der Waals surface area contributed by atoms with Crippen LogP contribution in [0.5, 0.6) is 34.5 Å². The maximum Gasteiger partial charge on any atom is 0.179 e. The predicted molar refractivity (Wildman–Crippen MR) is 271 cm³/mol. The number of hydrogen-bond donors (Lipinski definition) is 0. The zero-order valence-electron chi connectivity index (χ0n) is 38.2. The van der Waals surface area contributed by atoms with Crippen LogP contribution in [0.25, 0.3) is 24.3 Å². The molecule has 0 radical (unpaired) electrons. The summed E-state index contributed by atoms with van der Waals surface area (Å²) in [4.78, 5) is 6.46.